The van der Waals surface area contributed by atoms with Gasteiger partial charge in [-0.1, -0.05) is 31.1 Å². The number of carbonyl (C=O) groups is 2. The number of nitrogens with two attached hydrogens (primary N) is 1. The Kier molecular flexibility index (Phi) is 6.23. The van der Waals surface area contributed by atoms with Gasteiger partial charge in [0.15, 0.2) is 11.4 Å². The molecule has 8 heteroatoms. The third-order valence-electron chi connectivity index (χ3n) is 7.58. The Bertz CT molecular complexity index is 1230. The number of fused-ring (bicyclic) bond motifs is 1. The van der Waals surface area contributed by atoms with Crippen molar-refractivity contribution in [2.75, 3.05) is 43.4 Å². The average Bonchev–Trinajstić information content (AvgIpc) is 3.44. The van der Waals surface area contributed by atoms with Crippen molar-refractivity contribution < 1.29 is 14.1 Å². The Morgan fingerprint density at radius 1 is 1.20 bits per heavy atom. The van der Waals surface area contributed by atoms with Crippen molar-refractivity contribution in [1.29, 1.82) is 0 Å². The molecule has 1 aliphatic heterocycles. The zero-order valence-electron chi connectivity index (χ0n) is 20.4. The van der Waals surface area contributed by atoms with E-state index in [2.05, 4.69) is 53.5 Å². The first kappa shape index (κ1) is 23.4. The highest BCUT2D eigenvalue weighted by Crippen LogP contribution is 2.49. The van der Waals surface area contributed by atoms with E-state index in [1.54, 1.807) is 18.2 Å². The molecule has 2 aliphatic rings. The van der Waals surface area contributed by atoms with Crippen LogP contribution in [-0.2, 0) is 10.2 Å². The number of anilines is 2. The number of likely N-dealkylation sites (N-methyl/N-ethyl adjacent to an activating group) is 1. The molecule has 2 amide bonds. The van der Waals surface area contributed by atoms with Crippen LogP contribution >= 0.6 is 0 Å². The number of nitrogens with one attached hydrogen (secondary N) is 1. The number of aromatic nitrogens is 1. The maximum atomic E-state index is 12.7. The van der Waals surface area contributed by atoms with Crippen LogP contribution < -0.4 is 16.0 Å². The van der Waals surface area contributed by atoms with E-state index in [9.17, 15) is 9.59 Å². The van der Waals surface area contributed by atoms with Crippen molar-refractivity contribution in [1.82, 2.24) is 15.4 Å². The molecule has 184 valence electrons. The standard InChI is InChI=1S/C27H33N5O3/c1-3-31(4-2)17-27(11-12-27)20-6-8-21(9-7-20)32-16-18(13-24(32)33)15-29-26(34)19-5-10-23-22(14-19)25(28)30-35-23/h5-10,14,18H,3-4,11-13,15-17H2,1-2H3,(H2,28,30)(H,29,34). The first-order valence-electron chi connectivity index (χ1n) is 12.5. The highest BCUT2D eigenvalue weighted by atomic mass is 16.5. The average molecular weight is 476 g/mol. The lowest BCUT2D eigenvalue weighted by molar-refractivity contribution is -0.117. The first-order valence-corrected chi connectivity index (χ1v) is 12.5. The van der Waals surface area contributed by atoms with Crippen LogP contribution in [0.15, 0.2) is 47.0 Å². The van der Waals surface area contributed by atoms with E-state index in [1.807, 2.05) is 4.90 Å². The lowest BCUT2D eigenvalue weighted by atomic mass is 9.95. The van der Waals surface area contributed by atoms with Gasteiger partial charge >= 0.3 is 0 Å². The van der Waals surface area contributed by atoms with Crippen LogP contribution in [0, 0.1) is 5.92 Å². The summed E-state index contributed by atoms with van der Waals surface area (Å²) in [4.78, 5) is 29.7. The molecule has 3 N–H and O–H groups in total. The van der Waals surface area contributed by atoms with Gasteiger partial charge in [0, 0.05) is 48.6 Å². The minimum Gasteiger partial charge on any atom is -0.380 e. The number of hydrogen-bond donors (Lipinski definition) is 2. The smallest absolute Gasteiger partial charge is 0.251 e. The van der Waals surface area contributed by atoms with Crippen LogP contribution in [0.4, 0.5) is 11.5 Å². The summed E-state index contributed by atoms with van der Waals surface area (Å²) in [6.07, 6.45) is 2.87. The highest BCUT2D eigenvalue weighted by Gasteiger charge is 2.45. The topological polar surface area (TPSA) is 105 Å². The number of benzene rings is 2. The molecule has 0 radical (unpaired) electrons. The maximum Gasteiger partial charge on any atom is 0.251 e. The molecule has 1 saturated heterocycles. The van der Waals surface area contributed by atoms with Crippen LogP contribution in [0.1, 0.15) is 49.0 Å². The van der Waals surface area contributed by atoms with E-state index in [-0.39, 0.29) is 29.0 Å². The molecule has 2 fully saturated rings. The minimum absolute atomic E-state index is 0.0629. The number of amides is 2. The lowest BCUT2D eigenvalue weighted by Gasteiger charge is -2.26. The van der Waals surface area contributed by atoms with Crippen LogP contribution in [0.25, 0.3) is 11.0 Å². The molecule has 0 spiro atoms. The Labute approximate surface area is 205 Å². The number of carbonyl (C=O) groups excluding carboxylic acids is 2. The summed E-state index contributed by atoms with van der Waals surface area (Å²) in [6.45, 7) is 8.70. The van der Waals surface area contributed by atoms with Gasteiger partial charge in [0.2, 0.25) is 5.91 Å². The number of rotatable bonds is 9. The van der Waals surface area contributed by atoms with Crippen LogP contribution in [0.2, 0.25) is 0 Å². The second-order valence-electron chi connectivity index (χ2n) is 9.85. The Balaban J connectivity index is 1.19. The van der Waals surface area contributed by atoms with E-state index in [0.717, 1.165) is 25.3 Å². The lowest BCUT2D eigenvalue weighted by Crippen LogP contribution is -2.32. The number of nitrogens with zero attached hydrogens (tertiary/aromatic N) is 3. The fraction of sp³-hybridized carbons (Fsp3) is 0.444. The van der Waals surface area contributed by atoms with Crippen molar-refractivity contribution in [2.24, 2.45) is 5.92 Å². The largest absolute Gasteiger partial charge is 0.380 e. The van der Waals surface area contributed by atoms with Gasteiger partial charge in [0.1, 0.15) is 0 Å². The molecule has 1 unspecified atom stereocenters. The van der Waals surface area contributed by atoms with Crippen molar-refractivity contribution in [3.63, 3.8) is 0 Å². The summed E-state index contributed by atoms with van der Waals surface area (Å²) in [5.74, 6) is 0.219. The second-order valence-corrected chi connectivity index (χ2v) is 9.85. The Hall–Kier alpha value is -3.39. The van der Waals surface area contributed by atoms with E-state index < -0.39 is 0 Å². The van der Waals surface area contributed by atoms with Gasteiger partial charge in [-0.3, -0.25) is 9.59 Å². The monoisotopic (exact) mass is 475 g/mol. The molecular formula is C27H33N5O3. The summed E-state index contributed by atoms with van der Waals surface area (Å²) in [7, 11) is 0. The number of nitrogen functional groups attached to an aromatic ring is 1. The third-order valence-corrected chi connectivity index (χ3v) is 7.58. The van der Waals surface area contributed by atoms with Gasteiger partial charge < -0.3 is 25.4 Å². The molecule has 8 nitrogen and oxygen atoms in total. The van der Waals surface area contributed by atoms with Gasteiger partial charge in [-0.2, -0.15) is 0 Å². The zero-order chi connectivity index (χ0) is 24.6. The molecule has 2 heterocycles. The van der Waals surface area contributed by atoms with Crippen molar-refractivity contribution in [3.8, 4) is 0 Å². The van der Waals surface area contributed by atoms with Crippen molar-refractivity contribution >= 4 is 34.3 Å². The van der Waals surface area contributed by atoms with Gasteiger partial charge in [-0.05, 0) is 61.8 Å². The normalized spacial score (nSPS) is 19.0. The fourth-order valence-electron chi connectivity index (χ4n) is 5.16. The van der Waals surface area contributed by atoms with E-state index in [4.69, 9.17) is 10.3 Å². The highest BCUT2D eigenvalue weighted by molar-refractivity contribution is 6.00. The molecule has 35 heavy (non-hydrogen) atoms. The molecule has 2 aromatic carbocycles. The van der Waals surface area contributed by atoms with E-state index >= 15 is 0 Å². The first-order chi connectivity index (χ1) is 16.9. The van der Waals surface area contributed by atoms with Gasteiger partial charge in [-0.25, -0.2) is 0 Å². The van der Waals surface area contributed by atoms with Crippen molar-refractivity contribution in [3.05, 3.63) is 53.6 Å². The van der Waals surface area contributed by atoms with Gasteiger partial charge in [0.25, 0.3) is 5.91 Å². The summed E-state index contributed by atoms with van der Waals surface area (Å²) >= 11 is 0. The third kappa shape index (κ3) is 4.62. The quantitative estimate of drug-likeness (QED) is 0.490. The van der Waals surface area contributed by atoms with Crippen molar-refractivity contribution in [2.45, 2.75) is 38.5 Å². The minimum atomic E-state index is -0.203. The summed E-state index contributed by atoms with van der Waals surface area (Å²) in [5.41, 5.74) is 9.40. The van der Waals surface area contributed by atoms with E-state index in [1.165, 1.54) is 18.4 Å². The van der Waals surface area contributed by atoms with Crippen LogP contribution in [0.3, 0.4) is 0 Å². The molecule has 1 atom stereocenters. The molecule has 3 aromatic rings. The van der Waals surface area contributed by atoms with Gasteiger partial charge in [0.05, 0.1) is 5.39 Å². The van der Waals surface area contributed by atoms with Crippen LogP contribution in [0.5, 0.6) is 0 Å². The van der Waals surface area contributed by atoms with E-state index in [0.29, 0.717) is 36.0 Å². The molecule has 0 bridgehead atoms. The number of hydrogen-bond acceptors (Lipinski definition) is 6. The molecule has 5 rings (SSSR count). The second kappa shape index (κ2) is 9.34. The molecule has 1 aromatic heterocycles. The summed E-state index contributed by atoms with van der Waals surface area (Å²) < 4.78 is 5.09. The van der Waals surface area contributed by atoms with Gasteiger partial charge in [-0.15, -0.1) is 0 Å². The summed E-state index contributed by atoms with van der Waals surface area (Å²) in [6, 6.07) is 13.6. The SMILES string of the molecule is CCN(CC)CC1(c2ccc(N3CC(CNC(=O)c4ccc5onc(N)c5c4)CC3=O)cc2)CC1. The predicted octanol–water partition coefficient (Wildman–Crippen LogP) is 3.57. The Morgan fingerprint density at radius 2 is 1.94 bits per heavy atom. The zero-order valence-corrected chi connectivity index (χ0v) is 20.4. The summed E-state index contributed by atoms with van der Waals surface area (Å²) in [5, 5.41) is 7.30. The molecule has 1 saturated carbocycles. The predicted molar refractivity (Wildman–Crippen MR) is 136 cm³/mol. The molecular weight excluding hydrogens is 442 g/mol. The van der Waals surface area contributed by atoms with Crippen LogP contribution in [-0.4, -0.2) is 54.6 Å². The fourth-order valence-corrected chi connectivity index (χ4v) is 5.16. The molecule has 1 aliphatic carbocycles. The maximum absolute atomic E-state index is 12.7. The Morgan fingerprint density at radius 3 is 2.63 bits per heavy atom.